The zero-order chi connectivity index (χ0) is 19.7. The summed E-state index contributed by atoms with van der Waals surface area (Å²) in [4.78, 5) is 22.8. The number of carbonyl (C=O) groups is 1. The Morgan fingerprint density at radius 1 is 1.22 bits per heavy atom. The number of aliphatic hydroxyl groups excluding tert-OH is 2. The topological polar surface area (TPSA) is 209 Å². The van der Waals surface area contributed by atoms with E-state index in [0.29, 0.717) is 17.6 Å². The van der Waals surface area contributed by atoms with Crippen LogP contribution in [0, 0.1) is 0 Å². The monoisotopic (exact) mass is 381 g/mol. The van der Waals surface area contributed by atoms with Crippen molar-refractivity contribution in [3.05, 3.63) is 12.7 Å². The van der Waals surface area contributed by atoms with Crippen molar-refractivity contribution in [2.45, 2.75) is 55.9 Å². The number of aliphatic carboxylic acids is 1. The Bertz CT molecular complexity index is 815. The number of aromatic nitrogens is 4. The van der Waals surface area contributed by atoms with E-state index in [4.69, 9.17) is 27.0 Å². The molecule has 0 amide bonds. The standard InChI is InChI=1S/C15H23N7O5/c16-6(1-2-7(17)15(25)26)3-8-10(23)11(24)14(27-8)22-5-21-9-12(18)19-4-20-13(9)22/h4-8,10-11,14,23-24H,1-3,16-17H2,(H,25,26)(H2,18,19,20)/t6-,7-,8?,10?,11?,14?/m0/s1. The average molecular weight is 381 g/mol. The highest BCUT2D eigenvalue weighted by atomic mass is 16.6. The molecule has 12 heteroatoms. The quantitative estimate of drug-likeness (QED) is 0.307. The summed E-state index contributed by atoms with van der Waals surface area (Å²) in [5, 5.41) is 29.5. The molecular weight excluding hydrogens is 358 g/mol. The third-order valence-electron chi connectivity index (χ3n) is 4.70. The molecule has 0 aliphatic carbocycles. The second-order valence-electron chi connectivity index (χ2n) is 6.65. The molecule has 9 N–H and O–H groups in total. The minimum atomic E-state index is -1.22. The van der Waals surface area contributed by atoms with Gasteiger partial charge in [0.2, 0.25) is 0 Å². The van der Waals surface area contributed by atoms with Gasteiger partial charge in [-0.1, -0.05) is 0 Å². The maximum Gasteiger partial charge on any atom is 0.320 e. The molecule has 6 atom stereocenters. The predicted octanol–water partition coefficient (Wildman–Crippen LogP) is -2.06. The number of fused-ring (bicyclic) bond motifs is 1. The minimum absolute atomic E-state index is 0.195. The lowest BCUT2D eigenvalue weighted by Gasteiger charge is -2.20. The number of nitrogens with zero attached hydrogens (tertiary/aromatic N) is 4. The molecule has 1 aliphatic rings. The fourth-order valence-corrected chi connectivity index (χ4v) is 3.14. The molecule has 0 radical (unpaired) electrons. The van der Waals surface area contributed by atoms with Crippen molar-refractivity contribution < 1.29 is 24.9 Å². The van der Waals surface area contributed by atoms with Gasteiger partial charge in [-0.3, -0.25) is 9.36 Å². The molecule has 148 valence electrons. The van der Waals surface area contributed by atoms with Crippen molar-refractivity contribution in [2.75, 3.05) is 5.73 Å². The van der Waals surface area contributed by atoms with Gasteiger partial charge in [0, 0.05) is 6.04 Å². The van der Waals surface area contributed by atoms with Crippen LogP contribution in [-0.4, -0.2) is 71.2 Å². The first kappa shape index (κ1) is 19.4. The molecule has 1 saturated heterocycles. The molecule has 27 heavy (non-hydrogen) atoms. The van der Waals surface area contributed by atoms with Crippen molar-refractivity contribution in [3.8, 4) is 0 Å². The highest BCUT2D eigenvalue weighted by Crippen LogP contribution is 2.33. The molecule has 4 unspecified atom stereocenters. The number of carboxylic acid groups (broad SMARTS) is 1. The van der Waals surface area contributed by atoms with E-state index in [9.17, 15) is 15.0 Å². The summed E-state index contributed by atoms with van der Waals surface area (Å²) < 4.78 is 7.28. The smallest absolute Gasteiger partial charge is 0.320 e. The molecule has 0 spiro atoms. The Labute approximate surface area is 154 Å². The third kappa shape index (κ3) is 3.84. The fraction of sp³-hybridized carbons (Fsp3) is 0.600. The summed E-state index contributed by atoms with van der Waals surface area (Å²) >= 11 is 0. The fourth-order valence-electron chi connectivity index (χ4n) is 3.14. The van der Waals surface area contributed by atoms with Gasteiger partial charge in [0.25, 0.3) is 0 Å². The van der Waals surface area contributed by atoms with Crippen molar-refractivity contribution in [1.29, 1.82) is 0 Å². The Kier molecular flexibility index (Phi) is 5.53. The predicted molar refractivity (Wildman–Crippen MR) is 93.1 cm³/mol. The number of carboxylic acids is 1. The lowest BCUT2D eigenvalue weighted by Crippen LogP contribution is -2.37. The molecule has 0 aromatic carbocycles. The van der Waals surface area contributed by atoms with E-state index < -0.39 is 42.6 Å². The maximum atomic E-state index is 10.8. The number of anilines is 1. The van der Waals surface area contributed by atoms with Gasteiger partial charge in [0.05, 0.1) is 12.4 Å². The van der Waals surface area contributed by atoms with Crippen LogP contribution in [-0.2, 0) is 9.53 Å². The van der Waals surface area contributed by atoms with Crippen LogP contribution in [0.2, 0.25) is 0 Å². The molecular formula is C15H23N7O5. The molecule has 3 rings (SSSR count). The SMILES string of the molecule is Nc1ncnc2c1ncn2C1OC(C[C@@H](N)CC[C@H](N)C(=O)O)C(O)C1O. The number of hydrogen-bond donors (Lipinski definition) is 6. The van der Waals surface area contributed by atoms with E-state index in [1.807, 2.05) is 0 Å². The lowest BCUT2D eigenvalue weighted by molar-refractivity contribution is -0.138. The summed E-state index contributed by atoms with van der Waals surface area (Å²) in [6, 6.07) is -1.44. The summed E-state index contributed by atoms with van der Waals surface area (Å²) in [6.07, 6.45) is -0.604. The van der Waals surface area contributed by atoms with Gasteiger partial charge in [0.1, 0.15) is 30.1 Å². The second kappa shape index (κ2) is 7.70. The van der Waals surface area contributed by atoms with E-state index in [1.54, 1.807) is 0 Å². The second-order valence-corrected chi connectivity index (χ2v) is 6.65. The number of nitrogen functional groups attached to an aromatic ring is 1. The molecule has 0 saturated carbocycles. The number of aliphatic hydroxyl groups is 2. The van der Waals surface area contributed by atoms with Gasteiger partial charge in [-0.2, -0.15) is 0 Å². The van der Waals surface area contributed by atoms with Crippen molar-refractivity contribution >= 4 is 23.0 Å². The van der Waals surface area contributed by atoms with Crippen LogP contribution in [0.5, 0.6) is 0 Å². The Morgan fingerprint density at radius 2 is 1.96 bits per heavy atom. The van der Waals surface area contributed by atoms with E-state index >= 15 is 0 Å². The van der Waals surface area contributed by atoms with E-state index in [1.165, 1.54) is 17.2 Å². The molecule has 0 bridgehead atoms. The van der Waals surface area contributed by atoms with Gasteiger partial charge in [-0.25, -0.2) is 15.0 Å². The lowest BCUT2D eigenvalue weighted by atomic mass is 9.98. The van der Waals surface area contributed by atoms with Crippen LogP contribution in [0.15, 0.2) is 12.7 Å². The summed E-state index contributed by atoms with van der Waals surface area (Å²) in [6.45, 7) is 0. The number of imidazole rings is 1. The van der Waals surface area contributed by atoms with E-state index in [-0.39, 0.29) is 18.7 Å². The number of nitrogens with two attached hydrogens (primary N) is 3. The van der Waals surface area contributed by atoms with Gasteiger partial charge >= 0.3 is 5.97 Å². The van der Waals surface area contributed by atoms with E-state index in [0.717, 1.165) is 0 Å². The molecule has 1 aliphatic heterocycles. The van der Waals surface area contributed by atoms with Gasteiger partial charge in [0.15, 0.2) is 17.7 Å². The molecule has 2 aromatic heterocycles. The zero-order valence-electron chi connectivity index (χ0n) is 14.4. The summed E-state index contributed by atoms with van der Waals surface area (Å²) in [5.41, 5.74) is 18.0. The first-order chi connectivity index (χ1) is 12.8. The molecule has 1 fully saturated rings. The third-order valence-corrected chi connectivity index (χ3v) is 4.70. The number of hydrogen-bond acceptors (Lipinski definition) is 10. The van der Waals surface area contributed by atoms with Crippen LogP contribution >= 0.6 is 0 Å². The number of ether oxygens (including phenoxy) is 1. The largest absolute Gasteiger partial charge is 0.480 e. The molecule has 2 aromatic rings. The van der Waals surface area contributed by atoms with Gasteiger partial charge in [-0.15, -0.1) is 0 Å². The van der Waals surface area contributed by atoms with Crippen LogP contribution in [0.3, 0.4) is 0 Å². The highest BCUT2D eigenvalue weighted by molar-refractivity contribution is 5.81. The summed E-state index contributed by atoms with van der Waals surface area (Å²) in [5.74, 6) is -0.900. The maximum absolute atomic E-state index is 10.8. The van der Waals surface area contributed by atoms with Crippen LogP contribution < -0.4 is 17.2 Å². The Balaban J connectivity index is 1.68. The first-order valence-corrected chi connectivity index (χ1v) is 8.48. The summed E-state index contributed by atoms with van der Waals surface area (Å²) in [7, 11) is 0. The normalized spacial score (nSPS) is 27.7. The van der Waals surface area contributed by atoms with Crippen LogP contribution in [0.25, 0.3) is 11.2 Å². The van der Waals surface area contributed by atoms with Gasteiger partial charge in [-0.05, 0) is 19.3 Å². The highest BCUT2D eigenvalue weighted by Gasteiger charge is 2.44. The van der Waals surface area contributed by atoms with Crippen molar-refractivity contribution in [2.24, 2.45) is 11.5 Å². The Hall–Kier alpha value is -2.38. The number of rotatable bonds is 7. The first-order valence-electron chi connectivity index (χ1n) is 8.48. The van der Waals surface area contributed by atoms with Crippen molar-refractivity contribution in [3.63, 3.8) is 0 Å². The van der Waals surface area contributed by atoms with E-state index in [2.05, 4.69) is 15.0 Å². The molecule has 12 nitrogen and oxygen atoms in total. The van der Waals surface area contributed by atoms with Crippen molar-refractivity contribution in [1.82, 2.24) is 19.5 Å². The molecule has 3 heterocycles. The van der Waals surface area contributed by atoms with Crippen LogP contribution in [0.1, 0.15) is 25.5 Å². The van der Waals surface area contributed by atoms with Gasteiger partial charge < -0.3 is 37.3 Å². The minimum Gasteiger partial charge on any atom is -0.480 e. The zero-order valence-corrected chi connectivity index (χ0v) is 14.4. The Morgan fingerprint density at radius 3 is 2.67 bits per heavy atom. The van der Waals surface area contributed by atoms with Crippen LogP contribution in [0.4, 0.5) is 5.82 Å². The average Bonchev–Trinajstić information content (AvgIpc) is 3.17.